The van der Waals surface area contributed by atoms with Gasteiger partial charge in [0.15, 0.2) is 0 Å². The van der Waals surface area contributed by atoms with Crippen molar-refractivity contribution in [2.24, 2.45) is 5.84 Å². The van der Waals surface area contributed by atoms with Crippen molar-refractivity contribution in [2.75, 3.05) is 44.8 Å². The zero-order valence-corrected chi connectivity index (χ0v) is 12.3. The zero-order chi connectivity index (χ0) is 14.4. The summed E-state index contributed by atoms with van der Waals surface area (Å²) in [6.07, 6.45) is 1.09. The highest BCUT2D eigenvalue weighted by molar-refractivity contribution is 6.31. The zero-order valence-electron chi connectivity index (χ0n) is 11.6. The summed E-state index contributed by atoms with van der Waals surface area (Å²) in [6, 6.07) is 3.58. The summed E-state index contributed by atoms with van der Waals surface area (Å²) in [5.74, 6) is 6.00. The van der Waals surface area contributed by atoms with Gasteiger partial charge in [-0.15, -0.1) is 0 Å². The van der Waals surface area contributed by atoms with Crippen LogP contribution in [0.5, 0.6) is 0 Å². The summed E-state index contributed by atoms with van der Waals surface area (Å²) in [4.78, 5) is 9.03. The molecular formula is C13H22ClN5O. The Morgan fingerprint density at radius 1 is 1.25 bits per heavy atom. The first kappa shape index (κ1) is 15.5. The van der Waals surface area contributed by atoms with Crippen molar-refractivity contribution < 1.29 is 5.11 Å². The van der Waals surface area contributed by atoms with Crippen LogP contribution in [0.1, 0.15) is 12.1 Å². The molecule has 0 bridgehead atoms. The number of hydrazine groups is 1. The minimum absolute atomic E-state index is 0.220. The second-order valence-corrected chi connectivity index (χ2v) is 5.37. The van der Waals surface area contributed by atoms with Crippen molar-refractivity contribution in [1.82, 2.24) is 14.8 Å². The third-order valence-corrected chi connectivity index (χ3v) is 3.88. The van der Waals surface area contributed by atoms with Crippen LogP contribution in [0, 0.1) is 0 Å². The second kappa shape index (κ2) is 7.75. The van der Waals surface area contributed by atoms with E-state index in [4.69, 9.17) is 22.6 Å². The van der Waals surface area contributed by atoms with E-state index in [-0.39, 0.29) is 6.61 Å². The molecule has 6 nitrogen and oxygen atoms in total. The number of halogens is 1. The highest BCUT2D eigenvalue weighted by Gasteiger charge is 2.16. The molecule has 1 aromatic rings. The Kier molecular flexibility index (Phi) is 6.00. The Labute approximate surface area is 124 Å². The lowest BCUT2D eigenvalue weighted by Gasteiger charge is -2.21. The number of pyridine rings is 1. The summed E-state index contributed by atoms with van der Waals surface area (Å²) in [5.41, 5.74) is 3.39. The van der Waals surface area contributed by atoms with E-state index in [9.17, 15) is 0 Å². The summed E-state index contributed by atoms with van der Waals surface area (Å²) in [6.45, 7) is 5.66. The lowest BCUT2D eigenvalue weighted by molar-refractivity contribution is 0.195. The third-order valence-electron chi connectivity index (χ3n) is 3.54. The molecular weight excluding hydrogens is 278 g/mol. The average molecular weight is 300 g/mol. The standard InChI is InChI=1S/C13H22ClN5O/c14-11-2-3-13(17-15)16-12(11)10-19-5-1-4-18(6-7-19)8-9-20/h2-3,20H,1,4-10,15H2,(H,16,17). The molecule has 0 atom stereocenters. The summed E-state index contributed by atoms with van der Waals surface area (Å²) in [5, 5.41) is 9.67. The fraction of sp³-hybridized carbons (Fsp3) is 0.615. The van der Waals surface area contributed by atoms with E-state index >= 15 is 0 Å². The molecule has 0 saturated carbocycles. The maximum absolute atomic E-state index is 9.00. The number of anilines is 1. The van der Waals surface area contributed by atoms with Crippen molar-refractivity contribution in [3.05, 3.63) is 22.8 Å². The van der Waals surface area contributed by atoms with Crippen LogP contribution >= 0.6 is 11.6 Å². The molecule has 7 heteroatoms. The normalized spacial score (nSPS) is 17.9. The predicted molar refractivity (Wildman–Crippen MR) is 80.5 cm³/mol. The molecule has 0 aliphatic carbocycles. The highest BCUT2D eigenvalue weighted by Crippen LogP contribution is 2.18. The first-order valence-electron chi connectivity index (χ1n) is 6.90. The number of aromatic nitrogens is 1. The molecule has 0 radical (unpaired) electrons. The summed E-state index contributed by atoms with van der Waals surface area (Å²) >= 11 is 6.19. The van der Waals surface area contributed by atoms with E-state index in [0.29, 0.717) is 10.8 Å². The van der Waals surface area contributed by atoms with E-state index in [1.807, 2.05) is 6.07 Å². The van der Waals surface area contributed by atoms with Gasteiger partial charge in [0.25, 0.3) is 0 Å². The van der Waals surface area contributed by atoms with Gasteiger partial charge in [-0.2, -0.15) is 0 Å². The topological polar surface area (TPSA) is 77.7 Å². The first-order valence-corrected chi connectivity index (χ1v) is 7.28. The fourth-order valence-electron chi connectivity index (χ4n) is 2.43. The van der Waals surface area contributed by atoms with Crippen molar-refractivity contribution in [1.29, 1.82) is 0 Å². The molecule has 20 heavy (non-hydrogen) atoms. The number of nitrogens with zero attached hydrogens (tertiary/aromatic N) is 3. The largest absolute Gasteiger partial charge is 0.395 e. The van der Waals surface area contributed by atoms with Gasteiger partial charge in [-0.05, 0) is 31.6 Å². The summed E-state index contributed by atoms with van der Waals surface area (Å²) < 4.78 is 0. The first-order chi connectivity index (χ1) is 9.72. The minimum atomic E-state index is 0.220. The molecule has 112 valence electrons. The number of nitrogens with two attached hydrogens (primary N) is 1. The fourth-order valence-corrected chi connectivity index (χ4v) is 2.60. The van der Waals surface area contributed by atoms with Crippen LogP contribution < -0.4 is 11.3 Å². The highest BCUT2D eigenvalue weighted by atomic mass is 35.5. The number of hydrogen-bond donors (Lipinski definition) is 3. The molecule has 4 N–H and O–H groups in total. The Hall–Kier alpha value is -0.920. The number of nitrogens with one attached hydrogen (secondary N) is 1. The van der Waals surface area contributed by atoms with Crippen LogP contribution in [-0.2, 0) is 6.54 Å². The van der Waals surface area contributed by atoms with Gasteiger partial charge in [0, 0.05) is 26.2 Å². The number of aliphatic hydroxyl groups excluding tert-OH is 1. The number of hydrogen-bond acceptors (Lipinski definition) is 6. The minimum Gasteiger partial charge on any atom is -0.395 e. The predicted octanol–water partition coefficient (Wildman–Crippen LogP) is 0.521. The van der Waals surface area contributed by atoms with E-state index < -0.39 is 0 Å². The van der Waals surface area contributed by atoms with Gasteiger partial charge in [0.05, 0.1) is 17.3 Å². The van der Waals surface area contributed by atoms with Gasteiger partial charge >= 0.3 is 0 Å². The Morgan fingerprint density at radius 3 is 2.75 bits per heavy atom. The van der Waals surface area contributed by atoms with Crippen molar-refractivity contribution in [3.8, 4) is 0 Å². The van der Waals surface area contributed by atoms with Gasteiger partial charge in [0.2, 0.25) is 0 Å². The average Bonchev–Trinajstić information content (AvgIpc) is 2.67. The van der Waals surface area contributed by atoms with E-state index in [1.54, 1.807) is 6.07 Å². The van der Waals surface area contributed by atoms with Gasteiger partial charge < -0.3 is 10.5 Å². The molecule has 1 aliphatic heterocycles. The van der Waals surface area contributed by atoms with Crippen LogP contribution in [0.2, 0.25) is 5.02 Å². The number of aliphatic hydroxyl groups is 1. The molecule has 0 unspecified atom stereocenters. The Bertz CT molecular complexity index is 431. The van der Waals surface area contributed by atoms with Gasteiger partial charge in [-0.1, -0.05) is 11.6 Å². The smallest absolute Gasteiger partial charge is 0.140 e. The molecule has 0 spiro atoms. The monoisotopic (exact) mass is 299 g/mol. The van der Waals surface area contributed by atoms with E-state index in [1.165, 1.54) is 0 Å². The third kappa shape index (κ3) is 4.29. The number of rotatable bonds is 5. The van der Waals surface area contributed by atoms with Gasteiger partial charge in [-0.3, -0.25) is 9.80 Å². The van der Waals surface area contributed by atoms with Crippen molar-refractivity contribution >= 4 is 17.4 Å². The SMILES string of the molecule is NNc1ccc(Cl)c(CN2CCCN(CCO)CC2)n1. The molecule has 1 saturated heterocycles. The van der Waals surface area contributed by atoms with Gasteiger partial charge in [-0.25, -0.2) is 10.8 Å². The lowest BCUT2D eigenvalue weighted by atomic mass is 10.3. The van der Waals surface area contributed by atoms with Crippen molar-refractivity contribution in [2.45, 2.75) is 13.0 Å². The van der Waals surface area contributed by atoms with Crippen LogP contribution in [0.3, 0.4) is 0 Å². The lowest BCUT2D eigenvalue weighted by Crippen LogP contribution is -2.32. The molecule has 2 heterocycles. The van der Waals surface area contributed by atoms with E-state index in [2.05, 4.69) is 20.2 Å². The maximum atomic E-state index is 9.00. The van der Waals surface area contributed by atoms with Crippen LogP contribution in [0.4, 0.5) is 5.82 Å². The van der Waals surface area contributed by atoms with Crippen LogP contribution in [-0.4, -0.2) is 59.2 Å². The molecule has 0 aromatic carbocycles. The Balaban J connectivity index is 1.96. The molecule has 1 aromatic heterocycles. The van der Waals surface area contributed by atoms with Gasteiger partial charge in [0.1, 0.15) is 5.82 Å². The van der Waals surface area contributed by atoms with E-state index in [0.717, 1.165) is 51.4 Å². The second-order valence-electron chi connectivity index (χ2n) is 4.96. The quantitative estimate of drug-likeness (QED) is 0.543. The van der Waals surface area contributed by atoms with Crippen molar-refractivity contribution in [3.63, 3.8) is 0 Å². The van der Waals surface area contributed by atoms with Crippen LogP contribution in [0.25, 0.3) is 0 Å². The van der Waals surface area contributed by atoms with Crippen LogP contribution in [0.15, 0.2) is 12.1 Å². The Morgan fingerprint density at radius 2 is 2.00 bits per heavy atom. The molecule has 0 amide bonds. The number of nitrogen functional groups attached to an aromatic ring is 1. The maximum Gasteiger partial charge on any atom is 0.140 e. The molecule has 1 aliphatic rings. The molecule has 1 fully saturated rings. The molecule has 2 rings (SSSR count). The number of β-amino-alcohol motifs (C(OH)–C–C–N with tert-alkyl or cyclic N) is 1. The summed E-state index contributed by atoms with van der Waals surface area (Å²) in [7, 11) is 0.